The summed E-state index contributed by atoms with van der Waals surface area (Å²) in [6.07, 6.45) is -4.48. The van der Waals surface area contributed by atoms with E-state index in [0.29, 0.717) is 29.6 Å². The highest BCUT2D eigenvalue weighted by Crippen LogP contribution is 2.32. The van der Waals surface area contributed by atoms with Crippen molar-refractivity contribution in [2.45, 2.75) is 20.0 Å². The minimum Gasteiger partial charge on any atom is -0.462 e. The first-order chi connectivity index (χ1) is 18.0. The number of rotatable bonds is 7. The fourth-order valence-corrected chi connectivity index (χ4v) is 3.33. The molecule has 0 aliphatic rings. The van der Waals surface area contributed by atoms with Gasteiger partial charge in [-0.3, -0.25) is 0 Å². The van der Waals surface area contributed by atoms with Crippen LogP contribution in [0.5, 0.6) is 6.01 Å². The van der Waals surface area contributed by atoms with E-state index in [4.69, 9.17) is 4.74 Å². The molecule has 0 radical (unpaired) electrons. The Labute approximate surface area is 214 Å². The predicted molar refractivity (Wildman–Crippen MR) is 131 cm³/mol. The number of anilines is 2. The molecule has 1 aromatic heterocycles. The van der Waals surface area contributed by atoms with E-state index in [-0.39, 0.29) is 23.4 Å². The first-order valence-electron chi connectivity index (χ1n) is 11.4. The van der Waals surface area contributed by atoms with E-state index in [0.717, 1.165) is 24.3 Å². The second-order valence-corrected chi connectivity index (χ2v) is 8.66. The molecule has 0 unspecified atom stereocenters. The van der Waals surface area contributed by atoms with Gasteiger partial charge in [0.25, 0.3) is 0 Å². The van der Waals surface area contributed by atoms with E-state index >= 15 is 0 Å². The molecule has 38 heavy (non-hydrogen) atoms. The summed E-state index contributed by atoms with van der Waals surface area (Å²) in [5, 5.41) is 9.17. The van der Waals surface area contributed by atoms with Gasteiger partial charge in [-0.15, -0.1) is 5.10 Å². The third kappa shape index (κ3) is 6.44. The molecular weight excluding hydrogens is 509 g/mol. The van der Waals surface area contributed by atoms with Crippen molar-refractivity contribution in [1.82, 2.24) is 14.8 Å². The fraction of sp³-hybridized carbons (Fsp3) is 0.192. The van der Waals surface area contributed by atoms with Gasteiger partial charge in [0.05, 0.1) is 23.5 Å². The van der Waals surface area contributed by atoms with Gasteiger partial charge in [-0.25, -0.2) is 18.3 Å². The first-order valence-corrected chi connectivity index (χ1v) is 11.4. The second kappa shape index (κ2) is 10.9. The summed E-state index contributed by atoms with van der Waals surface area (Å²) in [6, 6.07) is 12.9. The molecule has 7 nitrogen and oxygen atoms in total. The van der Waals surface area contributed by atoms with Crippen molar-refractivity contribution in [3.63, 3.8) is 0 Å². The largest absolute Gasteiger partial charge is 0.462 e. The van der Waals surface area contributed by atoms with Gasteiger partial charge in [0.1, 0.15) is 11.6 Å². The van der Waals surface area contributed by atoms with Gasteiger partial charge in [-0.2, -0.15) is 18.2 Å². The molecule has 1 heterocycles. The maximum Gasteiger partial charge on any atom is 0.416 e. The van der Waals surface area contributed by atoms with Crippen LogP contribution in [0.3, 0.4) is 0 Å². The van der Waals surface area contributed by atoms with Gasteiger partial charge in [-0.1, -0.05) is 26.0 Å². The number of hydrogen-bond donors (Lipinski definition) is 2. The lowest BCUT2D eigenvalue weighted by molar-refractivity contribution is -0.137. The highest BCUT2D eigenvalue weighted by Gasteiger charge is 2.30. The molecule has 0 bridgehead atoms. The van der Waals surface area contributed by atoms with Crippen molar-refractivity contribution in [2.24, 2.45) is 5.92 Å². The highest BCUT2D eigenvalue weighted by atomic mass is 19.4. The van der Waals surface area contributed by atoms with Crippen molar-refractivity contribution in [3.05, 3.63) is 83.9 Å². The lowest BCUT2D eigenvalue weighted by atomic mass is 10.1. The number of alkyl halides is 3. The van der Waals surface area contributed by atoms with Crippen LogP contribution in [0.2, 0.25) is 0 Å². The third-order valence-corrected chi connectivity index (χ3v) is 5.15. The Morgan fingerprint density at radius 2 is 1.66 bits per heavy atom. The molecule has 0 aliphatic carbocycles. The molecule has 0 saturated heterocycles. The van der Waals surface area contributed by atoms with Gasteiger partial charge in [0.15, 0.2) is 5.82 Å². The molecule has 12 heteroatoms. The zero-order chi connectivity index (χ0) is 27.4. The normalized spacial score (nSPS) is 11.5. The summed E-state index contributed by atoms with van der Waals surface area (Å²) in [6.45, 7) is 4.23. The van der Waals surface area contributed by atoms with Crippen LogP contribution < -0.4 is 15.4 Å². The van der Waals surface area contributed by atoms with Crippen molar-refractivity contribution < 1.29 is 31.5 Å². The number of benzene rings is 3. The van der Waals surface area contributed by atoms with E-state index in [2.05, 4.69) is 20.7 Å². The predicted octanol–water partition coefficient (Wildman–Crippen LogP) is 6.91. The molecular formula is C26H22F5N5O2. The topological polar surface area (TPSA) is 81.1 Å². The zero-order valence-electron chi connectivity index (χ0n) is 20.2. The van der Waals surface area contributed by atoms with Crippen LogP contribution in [0.15, 0.2) is 66.7 Å². The first kappa shape index (κ1) is 26.6. The third-order valence-electron chi connectivity index (χ3n) is 5.15. The maximum atomic E-state index is 13.8. The zero-order valence-corrected chi connectivity index (χ0v) is 20.2. The molecule has 198 valence electrons. The minimum absolute atomic E-state index is 0.0523. The average Bonchev–Trinajstić information content (AvgIpc) is 3.29. The molecule has 4 aromatic rings. The summed E-state index contributed by atoms with van der Waals surface area (Å²) in [5.74, 6) is -1.25. The van der Waals surface area contributed by atoms with E-state index in [1.807, 2.05) is 13.8 Å². The van der Waals surface area contributed by atoms with Crippen molar-refractivity contribution in [2.75, 3.05) is 17.2 Å². The van der Waals surface area contributed by atoms with Crippen LogP contribution in [0.1, 0.15) is 19.4 Å². The quantitative estimate of drug-likeness (QED) is 0.254. The van der Waals surface area contributed by atoms with Crippen LogP contribution in [0.4, 0.5) is 38.1 Å². The highest BCUT2D eigenvalue weighted by molar-refractivity contribution is 5.99. The molecule has 0 aliphatic heterocycles. The van der Waals surface area contributed by atoms with Crippen LogP contribution in [0, 0.1) is 17.6 Å². The lowest BCUT2D eigenvalue weighted by Gasteiger charge is -2.10. The SMILES string of the molecule is CC(C)COc1nc(-c2ccc(C(F)(F)F)cc2)n(-c2ccc(NC(=O)Nc3ccc(F)cc3F)cc2)n1. The number of ether oxygens (including phenoxy) is 1. The van der Waals surface area contributed by atoms with Gasteiger partial charge in [0.2, 0.25) is 0 Å². The Kier molecular flexibility index (Phi) is 7.60. The number of carbonyl (C=O) groups is 1. The number of nitrogens with one attached hydrogen (secondary N) is 2. The van der Waals surface area contributed by atoms with Crippen molar-refractivity contribution >= 4 is 17.4 Å². The Bertz CT molecular complexity index is 1420. The number of urea groups is 1. The summed E-state index contributed by atoms with van der Waals surface area (Å²) >= 11 is 0. The number of halogens is 5. The maximum absolute atomic E-state index is 13.8. The van der Waals surface area contributed by atoms with E-state index < -0.39 is 29.4 Å². The van der Waals surface area contributed by atoms with E-state index in [1.165, 1.54) is 16.8 Å². The standard InChI is InChI=1S/C26H22F5N5O2/c1-15(2)14-38-25-34-23(16-3-5-17(6-4-16)26(29,30)31)36(35-25)20-10-8-19(9-11-20)32-24(37)33-22-12-7-18(27)13-21(22)28/h3-13,15H,14H2,1-2H3,(H2,32,33,37). The number of carbonyl (C=O) groups excluding carboxylic acids is 1. The van der Waals surface area contributed by atoms with Gasteiger partial charge in [-0.05, 0) is 54.4 Å². The molecule has 0 fully saturated rings. The number of nitrogens with zero attached hydrogens (tertiary/aromatic N) is 3. The summed E-state index contributed by atoms with van der Waals surface area (Å²) in [5.41, 5.74) is 0.229. The Morgan fingerprint density at radius 3 is 2.26 bits per heavy atom. The van der Waals surface area contributed by atoms with Crippen molar-refractivity contribution in [1.29, 1.82) is 0 Å². The lowest BCUT2D eigenvalue weighted by Crippen LogP contribution is -2.20. The summed E-state index contributed by atoms with van der Waals surface area (Å²) in [4.78, 5) is 16.6. The van der Waals surface area contributed by atoms with Crippen LogP contribution in [0.25, 0.3) is 17.1 Å². The van der Waals surface area contributed by atoms with Crippen LogP contribution in [-0.4, -0.2) is 27.4 Å². The van der Waals surface area contributed by atoms with E-state index in [9.17, 15) is 26.7 Å². The molecule has 0 atom stereocenters. The van der Waals surface area contributed by atoms with Gasteiger partial charge in [0, 0.05) is 17.3 Å². The summed E-state index contributed by atoms with van der Waals surface area (Å²) < 4.78 is 72.9. The molecule has 0 spiro atoms. The Morgan fingerprint density at radius 1 is 0.974 bits per heavy atom. The molecule has 4 rings (SSSR count). The Hall–Kier alpha value is -4.48. The van der Waals surface area contributed by atoms with Gasteiger partial charge >= 0.3 is 18.2 Å². The smallest absolute Gasteiger partial charge is 0.416 e. The molecule has 2 N–H and O–H groups in total. The second-order valence-electron chi connectivity index (χ2n) is 8.66. The van der Waals surface area contributed by atoms with Crippen LogP contribution >= 0.6 is 0 Å². The number of aromatic nitrogens is 3. The molecule has 0 saturated carbocycles. The monoisotopic (exact) mass is 531 g/mol. The van der Waals surface area contributed by atoms with Gasteiger partial charge < -0.3 is 15.4 Å². The van der Waals surface area contributed by atoms with E-state index in [1.54, 1.807) is 24.3 Å². The minimum atomic E-state index is -4.48. The van der Waals surface area contributed by atoms with Crippen molar-refractivity contribution in [3.8, 4) is 23.1 Å². The Balaban J connectivity index is 1.57. The van der Waals surface area contributed by atoms with Crippen LogP contribution in [-0.2, 0) is 6.18 Å². The molecule has 3 aromatic carbocycles. The number of amides is 2. The molecule has 2 amide bonds. The number of hydrogen-bond acceptors (Lipinski definition) is 4. The fourth-order valence-electron chi connectivity index (χ4n) is 3.33. The summed E-state index contributed by atoms with van der Waals surface area (Å²) in [7, 11) is 0. The average molecular weight is 531 g/mol.